The number of carboxylic acids is 1. The van der Waals surface area contributed by atoms with E-state index in [1.165, 1.54) is 6.92 Å². The Hall–Kier alpha value is -2.94. The Balaban J connectivity index is 2.01. The predicted octanol–water partition coefficient (Wildman–Crippen LogP) is 1.35. The first-order valence-corrected chi connectivity index (χ1v) is 12.0. The van der Waals surface area contributed by atoms with Crippen molar-refractivity contribution in [2.45, 2.75) is 84.6 Å². The van der Waals surface area contributed by atoms with Crippen LogP contribution in [0.2, 0.25) is 0 Å². The maximum absolute atomic E-state index is 13.0. The molecule has 0 saturated heterocycles. The number of hydrogen-bond acceptors (Lipinski definition) is 5. The smallest absolute Gasteiger partial charge is 0.326 e. The van der Waals surface area contributed by atoms with E-state index < -0.39 is 42.0 Å². The van der Waals surface area contributed by atoms with Gasteiger partial charge in [0, 0.05) is 6.54 Å². The van der Waals surface area contributed by atoms with Gasteiger partial charge in [-0.3, -0.25) is 14.4 Å². The minimum absolute atomic E-state index is 0.0802. The van der Waals surface area contributed by atoms with E-state index in [0.29, 0.717) is 19.4 Å². The molecule has 0 bridgehead atoms. The maximum Gasteiger partial charge on any atom is 0.326 e. The highest BCUT2D eigenvalue weighted by molar-refractivity contribution is 5.94. The van der Waals surface area contributed by atoms with Gasteiger partial charge in [-0.15, -0.1) is 0 Å². The van der Waals surface area contributed by atoms with Gasteiger partial charge in [0.1, 0.15) is 18.1 Å². The number of nitrogens with one attached hydrogen (secondary N) is 4. The fraction of sp³-hybridized carbons (Fsp3) is 0.600. The highest BCUT2D eigenvalue weighted by atomic mass is 16.4. The van der Waals surface area contributed by atoms with Crippen molar-refractivity contribution in [3.05, 3.63) is 35.4 Å². The van der Waals surface area contributed by atoms with Crippen molar-refractivity contribution >= 4 is 23.7 Å². The van der Waals surface area contributed by atoms with Crippen molar-refractivity contribution in [1.29, 1.82) is 0 Å². The number of carbonyl (C=O) groups is 4. The van der Waals surface area contributed by atoms with Crippen LogP contribution in [0.4, 0.5) is 0 Å². The van der Waals surface area contributed by atoms with E-state index in [9.17, 15) is 24.3 Å². The molecule has 34 heavy (non-hydrogen) atoms. The summed E-state index contributed by atoms with van der Waals surface area (Å²) in [5, 5.41) is 20.6. The van der Waals surface area contributed by atoms with Crippen LogP contribution in [0.25, 0.3) is 0 Å². The molecule has 188 valence electrons. The molecule has 1 aliphatic rings. The highest BCUT2D eigenvalue weighted by Crippen LogP contribution is 2.17. The van der Waals surface area contributed by atoms with Crippen molar-refractivity contribution in [3.63, 3.8) is 0 Å². The molecule has 1 unspecified atom stereocenters. The fourth-order valence-corrected chi connectivity index (χ4v) is 3.95. The Kier molecular flexibility index (Phi) is 10.0. The first-order chi connectivity index (χ1) is 16.0. The third-order valence-electron chi connectivity index (χ3n) is 6.26. The summed E-state index contributed by atoms with van der Waals surface area (Å²) in [6.07, 6.45) is 1.46. The average Bonchev–Trinajstić information content (AvgIpc) is 2.80. The third kappa shape index (κ3) is 7.55. The molecule has 0 saturated carbocycles. The molecule has 0 radical (unpaired) electrons. The van der Waals surface area contributed by atoms with Gasteiger partial charge in [0.25, 0.3) is 0 Å². The normalized spacial score (nSPS) is 18.7. The lowest BCUT2D eigenvalue weighted by atomic mass is 9.94. The van der Waals surface area contributed by atoms with E-state index in [4.69, 9.17) is 0 Å². The summed E-state index contributed by atoms with van der Waals surface area (Å²) in [5.41, 5.74) is 2.25. The number of hydrogen-bond donors (Lipinski definition) is 5. The number of carboxylic acid groups (broad SMARTS) is 1. The highest BCUT2D eigenvalue weighted by Gasteiger charge is 2.32. The molecule has 1 aromatic carbocycles. The second-order valence-electron chi connectivity index (χ2n) is 9.54. The molecule has 0 fully saturated rings. The van der Waals surface area contributed by atoms with Crippen molar-refractivity contribution < 1.29 is 24.3 Å². The lowest BCUT2D eigenvalue weighted by Crippen LogP contribution is -2.59. The van der Waals surface area contributed by atoms with E-state index in [1.54, 1.807) is 0 Å². The van der Waals surface area contributed by atoms with E-state index in [-0.39, 0.29) is 24.2 Å². The molecule has 5 atom stereocenters. The van der Waals surface area contributed by atoms with Crippen molar-refractivity contribution in [3.8, 4) is 0 Å². The standard InChI is InChI=1S/C25H38N4O5/c1-6-15(4)21(29-23(31)19-12-17-9-7-8-10-18(17)13-26-19)24(32)27-16(5)22(30)28-20(25(33)34)11-14(2)3/h7-10,14-16,19-21,26H,6,11-13H2,1-5H3,(H,27,32)(H,28,30)(H,29,31)(H,33,34)/t15-,16-,19?,20-,21-/m0/s1. The summed E-state index contributed by atoms with van der Waals surface area (Å²) in [6.45, 7) is 9.59. The molecule has 2 rings (SSSR count). The first-order valence-electron chi connectivity index (χ1n) is 12.0. The number of rotatable bonds is 11. The molecular weight excluding hydrogens is 436 g/mol. The van der Waals surface area contributed by atoms with Gasteiger partial charge in [0.2, 0.25) is 17.7 Å². The monoisotopic (exact) mass is 474 g/mol. The lowest BCUT2D eigenvalue weighted by molar-refractivity contribution is -0.142. The van der Waals surface area contributed by atoms with Crippen LogP contribution >= 0.6 is 0 Å². The number of fused-ring (bicyclic) bond motifs is 1. The summed E-state index contributed by atoms with van der Waals surface area (Å²) in [7, 11) is 0. The Labute approximate surface area is 201 Å². The molecule has 1 aromatic rings. The van der Waals surface area contributed by atoms with Crippen LogP contribution in [-0.2, 0) is 32.1 Å². The van der Waals surface area contributed by atoms with E-state index >= 15 is 0 Å². The predicted molar refractivity (Wildman–Crippen MR) is 129 cm³/mol. The van der Waals surface area contributed by atoms with Gasteiger partial charge in [-0.1, -0.05) is 58.4 Å². The number of carbonyl (C=O) groups excluding carboxylic acids is 3. The number of amides is 3. The Morgan fingerprint density at radius 3 is 2.24 bits per heavy atom. The molecular formula is C25H38N4O5. The Morgan fingerprint density at radius 2 is 1.65 bits per heavy atom. The maximum atomic E-state index is 13.0. The zero-order chi connectivity index (χ0) is 25.4. The zero-order valence-electron chi connectivity index (χ0n) is 20.7. The first kappa shape index (κ1) is 27.3. The van der Waals surface area contributed by atoms with Crippen LogP contribution in [0.5, 0.6) is 0 Å². The molecule has 3 amide bonds. The quantitative estimate of drug-likeness (QED) is 0.328. The summed E-state index contributed by atoms with van der Waals surface area (Å²) in [6, 6.07) is 4.66. The average molecular weight is 475 g/mol. The summed E-state index contributed by atoms with van der Waals surface area (Å²) in [5.74, 6) is -2.53. The number of aliphatic carboxylic acids is 1. The zero-order valence-corrected chi connectivity index (χ0v) is 20.7. The Bertz CT molecular complexity index is 888. The summed E-state index contributed by atoms with van der Waals surface area (Å²) < 4.78 is 0. The van der Waals surface area contributed by atoms with Crippen LogP contribution in [0.1, 0.15) is 58.6 Å². The SMILES string of the molecule is CC[C@H](C)[C@H](NC(=O)C1Cc2ccccc2CN1)C(=O)N[C@@H](C)C(=O)N[C@@H](CC(C)C)C(=O)O. The molecule has 1 aliphatic heterocycles. The Morgan fingerprint density at radius 1 is 1.00 bits per heavy atom. The molecule has 0 spiro atoms. The van der Waals surface area contributed by atoms with Crippen LogP contribution < -0.4 is 21.3 Å². The van der Waals surface area contributed by atoms with E-state index in [1.807, 2.05) is 52.0 Å². The van der Waals surface area contributed by atoms with Crippen molar-refractivity contribution in [2.24, 2.45) is 11.8 Å². The minimum atomic E-state index is -1.12. The van der Waals surface area contributed by atoms with Gasteiger partial charge in [-0.25, -0.2) is 4.79 Å². The largest absolute Gasteiger partial charge is 0.480 e. The molecule has 0 aliphatic carbocycles. The van der Waals surface area contributed by atoms with Crippen LogP contribution in [0.3, 0.4) is 0 Å². The van der Waals surface area contributed by atoms with Crippen LogP contribution in [0, 0.1) is 11.8 Å². The molecule has 1 heterocycles. The van der Waals surface area contributed by atoms with E-state index in [2.05, 4.69) is 21.3 Å². The molecule has 0 aromatic heterocycles. The second-order valence-corrected chi connectivity index (χ2v) is 9.54. The summed E-state index contributed by atoms with van der Waals surface area (Å²) in [4.78, 5) is 50.0. The van der Waals surface area contributed by atoms with Gasteiger partial charge in [0.15, 0.2) is 0 Å². The topological polar surface area (TPSA) is 137 Å². The molecule has 9 heteroatoms. The second kappa shape index (κ2) is 12.5. The number of benzene rings is 1. The summed E-state index contributed by atoms with van der Waals surface area (Å²) >= 11 is 0. The fourth-order valence-electron chi connectivity index (χ4n) is 3.95. The van der Waals surface area contributed by atoms with Crippen LogP contribution in [0.15, 0.2) is 24.3 Å². The van der Waals surface area contributed by atoms with Gasteiger partial charge in [-0.05, 0) is 42.7 Å². The van der Waals surface area contributed by atoms with Crippen LogP contribution in [-0.4, -0.2) is 53.0 Å². The van der Waals surface area contributed by atoms with Gasteiger partial charge < -0.3 is 26.4 Å². The molecule has 9 nitrogen and oxygen atoms in total. The van der Waals surface area contributed by atoms with Gasteiger partial charge >= 0.3 is 5.97 Å². The molecule has 5 N–H and O–H groups in total. The van der Waals surface area contributed by atoms with Crippen molar-refractivity contribution in [1.82, 2.24) is 21.3 Å². The van der Waals surface area contributed by atoms with E-state index in [0.717, 1.165) is 11.1 Å². The van der Waals surface area contributed by atoms with Gasteiger partial charge in [0.05, 0.1) is 6.04 Å². The lowest BCUT2D eigenvalue weighted by Gasteiger charge is -2.30. The van der Waals surface area contributed by atoms with Crippen molar-refractivity contribution in [2.75, 3.05) is 0 Å². The third-order valence-corrected chi connectivity index (χ3v) is 6.26. The van der Waals surface area contributed by atoms with Gasteiger partial charge in [-0.2, -0.15) is 0 Å². The minimum Gasteiger partial charge on any atom is -0.480 e.